The highest BCUT2D eigenvalue weighted by Crippen LogP contribution is 2.39. The van der Waals surface area contributed by atoms with Crippen molar-refractivity contribution in [3.8, 4) is 44.1 Å². The Bertz CT molecular complexity index is 908. The van der Waals surface area contributed by atoms with Crippen LogP contribution in [0.5, 0.6) is 23.0 Å². The van der Waals surface area contributed by atoms with Crippen LogP contribution < -0.4 is 14.2 Å². The molecular formula is C18H18N2O4S. The minimum atomic E-state index is 0.0896. The van der Waals surface area contributed by atoms with Crippen LogP contribution in [0.15, 0.2) is 30.3 Å². The molecule has 6 nitrogen and oxygen atoms in total. The van der Waals surface area contributed by atoms with Crippen molar-refractivity contribution in [1.29, 1.82) is 0 Å². The molecule has 7 heteroatoms. The van der Waals surface area contributed by atoms with E-state index < -0.39 is 0 Å². The summed E-state index contributed by atoms with van der Waals surface area (Å²) >= 11 is 1.46. The normalized spacial score (nSPS) is 10.6. The van der Waals surface area contributed by atoms with Crippen molar-refractivity contribution in [2.24, 2.45) is 0 Å². The zero-order valence-electron chi connectivity index (χ0n) is 14.4. The average Bonchev–Trinajstić information content (AvgIpc) is 3.11. The van der Waals surface area contributed by atoms with Crippen LogP contribution >= 0.6 is 11.3 Å². The van der Waals surface area contributed by atoms with Gasteiger partial charge in [0.15, 0.2) is 23.0 Å². The van der Waals surface area contributed by atoms with Crippen molar-refractivity contribution in [2.75, 3.05) is 21.3 Å². The van der Waals surface area contributed by atoms with Gasteiger partial charge in [0.05, 0.1) is 21.3 Å². The highest BCUT2D eigenvalue weighted by atomic mass is 32.1. The Morgan fingerprint density at radius 3 is 2.16 bits per heavy atom. The van der Waals surface area contributed by atoms with Crippen LogP contribution in [0, 0.1) is 6.92 Å². The molecular weight excluding hydrogens is 340 g/mol. The van der Waals surface area contributed by atoms with Crippen LogP contribution in [-0.2, 0) is 0 Å². The van der Waals surface area contributed by atoms with Gasteiger partial charge in [-0.15, -0.1) is 10.2 Å². The minimum Gasteiger partial charge on any atom is -0.504 e. The van der Waals surface area contributed by atoms with Crippen LogP contribution in [0.25, 0.3) is 21.1 Å². The molecule has 0 unspecified atom stereocenters. The molecule has 3 aromatic rings. The summed E-state index contributed by atoms with van der Waals surface area (Å²) in [6.45, 7) is 1.99. The lowest BCUT2D eigenvalue weighted by Gasteiger charge is -2.10. The van der Waals surface area contributed by atoms with E-state index in [4.69, 9.17) is 14.2 Å². The lowest BCUT2D eigenvalue weighted by molar-refractivity contribution is 0.355. The number of aromatic nitrogens is 2. The second kappa shape index (κ2) is 6.98. The molecule has 2 aromatic carbocycles. The van der Waals surface area contributed by atoms with Crippen LogP contribution in [0.4, 0.5) is 0 Å². The monoisotopic (exact) mass is 358 g/mol. The van der Waals surface area contributed by atoms with Gasteiger partial charge in [0.1, 0.15) is 10.0 Å². The Hall–Kier alpha value is -2.80. The fourth-order valence-electron chi connectivity index (χ4n) is 2.47. The first-order chi connectivity index (χ1) is 12.1. The molecule has 3 rings (SSSR count). The van der Waals surface area contributed by atoms with Gasteiger partial charge in [0, 0.05) is 11.1 Å². The smallest absolute Gasteiger partial charge is 0.161 e. The molecule has 0 atom stereocenters. The lowest BCUT2D eigenvalue weighted by Crippen LogP contribution is -1.93. The molecule has 130 valence electrons. The number of aromatic hydroxyl groups is 1. The number of hydrogen-bond acceptors (Lipinski definition) is 7. The van der Waals surface area contributed by atoms with E-state index in [9.17, 15) is 5.11 Å². The van der Waals surface area contributed by atoms with Crippen molar-refractivity contribution in [3.05, 3.63) is 35.9 Å². The summed E-state index contributed by atoms with van der Waals surface area (Å²) in [5.41, 5.74) is 2.78. The molecule has 1 aromatic heterocycles. The SMILES string of the molecule is COc1cc(-c2nnc(-c3cc(OC)c(OC)cc3C)s2)ccc1O. The molecule has 0 spiro atoms. The summed E-state index contributed by atoms with van der Waals surface area (Å²) < 4.78 is 15.8. The van der Waals surface area contributed by atoms with Gasteiger partial charge >= 0.3 is 0 Å². The van der Waals surface area contributed by atoms with Crippen molar-refractivity contribution in [3.63, 3.8) is 0 Å². The Morgan fingerprint density at radius 2 is 1.48 bits per heavy atom. The van der Waals surface area contributed by atoms with Gasteiger partial charge < -0.3 is 19.3 Å². The van der Waals surface area contributed by atoms with Gasteiger partial charge in [-0.2, -0.15) is 0 Å². The van der Waals surface area contributed by atoms with Crippen molar-refractivity contribution >= 4 is 11.3 Å². The molecule has 0 aliphatic rings. The molecule has 0 radical (unpaired) electrons. The number of benzene rings is 2. The third kappa shape index (κ3) is 3.23. The number of ether oxygens (including phenoxy) is 3. The Morgan fingerprint density at radius 1 is 0.840 bits per heavy atom. The molecule has 0 fully saturated rings. The Kier molecular flexibility index (Phi) is 4.76. The fraction of sp³-hybridized carbons (Fsp3) is 0.222. The van der Waals surface area contributed by atoms with Crippen molar-refractivity contribution in [1.82, 2.24) is 10.2 Å². The molecule has 0 aliphatic heterocycles. The van der Waals surface area contributed by atoms with E-state index in [-0.39, 0.29) is 5.75 Å². The largest absolute Gasteiger partial charge is 0.504 e. The van der Waals surface area contributed by atoms with E-state index in [0.717, 1.165) is 26.7 Å². The number of rotatable bonds is 5. The zero-order chi connectivity index (χ0) is 18.0. The summed E-state index contributed by atoms with van der Waals surface area (Å²) in [5, 5.41) is 19.8. The quantitative estimate of drug-likeness (QED) is 0.745. The zero-order valence-corrected chi connectivity index (χ0v) is 15.2. The second-order valence-electron chi connectivity index (χ2n) is 5.32. The second-order valence-corrected chi connectivity index (χ2v) is 6.30. The Balaban J connectivity index is 2.02. The number of phenols is 1. The third-order valence-corrected chi connectivity index (χ3v) is 4.82. The maximum atomic E-state index is 9.73. The van der Waals surface area contributed by atoms with Crippen LogP contribution in [0.2, 0.25) is 0 Å². The molecule has 0 saturated heterocycles. The summed E-state index contributed by atoms with van der Waals surface area (Å²) in [5.74, 6) is 1.81. The van der Waals surface area contributed by atoms with Crippen LogP contribution in [0.3, 0.4) is 0 Å². The van der Waals surface area contributed by atoms with E-state index in [1.54, 1.807) is 32.4 Å². The van der Waals surface area contributed by atoms with Crippen LogP contribution in [0.1, 0.15) is 5.56 Å². The molecule has 0 amide bonds. The molecule has 0 aliphatic carbocycles. The first kappa shape index (κ1) is 17.0. The van der Waals surface area contributed by atoms with Crippen molar-refractivity contribution < 1.29 is 19.3 Å². The fourth-order valence-corrected chi connectivity index (χ4v) is 3.39. The number of phenolic OH excluding ortho intramolecular Hbond substituents is 1. The summed E-state index contributed by atoms with van der Waals surface area (Å²) in [6, 6.07) is 8.91. The topological polar surface area (TPSA) is 73.7 Å². The number of nitrogens with zero attached hydrogens (tertiary/aromatic N) is 2. The highest BCUT2D eigenvalue weighted by Gasteiger charge is 2.15. The van der Waals surface area contributed by atoms with E-state index in [0.29, 0.717) is 17.2 Å². The highest BCUT2D eigenvalue weighted by molar-refractivity contribution is 7.17. The van der Waals surface area contributed by atoms with Gasteiger partial charge in [-0.3, -0.25) is 0 Å². The maximum absolute atomic E-state index is 9.73. The van der Waals surface area contributed by atoms with Gasteiger partial charge in [0.2, 0.25) is 0 Å². The van der Waals surface area contributed by atoms with Gasteiger partial charge in [-0.25, -0.2) is 0 Å². The first-order valence-electron chi connectivity index (χ1n) is 7.51. The maximum Gasteiger partial charge on any atom is 0.161 e. The summed E-state index contributed by atoms with van der Waals surface area (Å²) in [4.78, 5) is 0. The molecule has 25 heavy (non-hydrogen) atoms. The summed E-state index contributed by atoms with van der Waals surface area (Å²) in [7, 11) is 4.72. The van der Waals surface area contributed by atoms with E-state index >= 15 is 0 Å². The van der Waals surface area contributed by atoms with Crippen molar-refractivity contribution in [2.45, 2.75) is 6.92 Å². The molecule has 1 N–H and O–H groups in total. The Labute approximate surface area is 149 Å². The minimum absolute atomic E-state index is 0.0896. The molecule has 0 saturated carbocycles. The van der Waals surface area contributed by atoms with Gasteiger partial charge in [-0.05, 0) is 42.8 Å². The first-order valence-corrected chi connectivity index (χ1v) is 8.33. The predicted molar refractivity (Wildman–Crippen MR) is 96.8 cm³/mol. The van der Waals surface area contributed by atoms with Crippen LogP contribution in [-0.4, -0.2) is 36.6 Å². The molecule has 0 bridgehead atoms. The van der Waals surface area contributed by atoms with Gasteiger partial charge in [-0.1, -0.05) is 11.3 Å². The average molecular weight is 358 g/mol. The molecule has 1 heterocycles. The third-order valence-electron chi connectivity index (χ3n) is 3.81. The van der Waals surface area contributed by atoms with E-state index in [1.807, 2.05) is 19.1 Å². The van der Waals surface area contributed by atoms with Gasteiger partial charge in [0.25, 0.3) is 0 Å². The number of aryl methyl sites for hydroxylation is 1. The number of hydrogen-bond donors (Lipinski definition) is 1. The van der Waals surface area contributed by atoms with E-state index in [1.165, 1.54) is 18.4 Å². The van der Waals surface area contributed by atoms with E-state index in [2.05, 4.69) is 10.2 Å². The standard InChI is InChI=1S/C18H18N2O4S/c1-10-7-15(23-3)16(24-4)9-12(10)18-20-19-17(25-18)11-5-6-13(21)14(8-11)22-2/h5-9,21H,1-4H3. The predicted octanol–water partition coefficient (Wildman–Crippen LogP) is 3.91. The lowest BCUT2D eigenvalue weighted by atomic mass is 10.1. The summed E-state index contributed by atoms with van der Waals surface area (Å²) in [6.07, 6.45) is 0. The number of methoxy groups -OCH3 is 3.